The zero-order valence-corrected chi connectivity index (χ0v) is 15.6. The van der Waals surface area contributed by atoms with Gasteiger partial charge in [0.2, 0.25) is 0 Å². The molecule has 6 nitrogen and oxygen atoms in total. The van der Waals surface area contributed by atoms with E-state index in [1.54, 1.807) is 36.4 Å². The maximum Gasteiger partial charge on any atom is 0.270 e. The monoisotopic (exact) mass is 401 g/mol. The van der Waals surface area contributed by atoms with Gasteiger partial charge < -0.3 is 5.11 Å². The molecule has 1 heterocycles. The van der Waals surface area contributed by atoms with Crippen molar-refractivity contribution in [2.75, 3.05) is 0 Å². The number of aromatic nitrogens is 1. The van der Waals surface area contributed by atoms with Crippen LogP contribution in [0.15, 0.2) is 78.9 Å². The molecule has 0 fully saturated rings. The summed E-state index contributed by atoms with van der Waals surface area (Å²) in [7, 11) is 0. The quantitative estimate of drug-likeness (QED) is 0.455. The average Bonchev–Trinajstić information content (AvgIpc) is 2.77. The number of carbonyl (C=O) groups excluding carboxylic acids is 2. The summed E-state index contributed by atoms with van der Waals surface area (Å²) in [6, 6.07) is 20.2. The molecule has 0 spiro atoms. The lowest BCUT2D eigenvalue weighted by atomic mass is 10.0. The summed E-state index contributed by atoms with van der Waals surface area (Å²) in [6.45, 7) is 0. The van der Waals surface area contributed by atoms with Gasteiger partial charge >= 0.3 is 0 Å². The third-order valence-corrected chi connectivity index (χ3v) is 4.52. The highest BCUT2D eigenvalue weighted by Crippen LogP contribution is 2.26. The molecule has 0 saturated carbocycles. The van der Waals surface area contributed by atoms with Gasteiger partial charge in [-0.3, -0.25) is 20.4 Å². The van der Waals surface area contributed by atoms with Gasteiger partial charge in [0.05, 0.1) is 16.8 Å². The number of phenols is 1. The molecular weight excluding hydrogens is 385 g/mol. The van der Waals surface area contributed by atoms with Crippen molar-refractivity contribution >= 4 is 22.7 Å². The number of fused-ring (bicyclic) bond motifs is 1. The van der Waals surface area contributed by atoms with E-state index in [0.717, 1.165) is 17.7 Å². The number of carbonyl (C=O) groups is 2. The van der Waals surface area contributed by atoms with Crippen molar-refractivity contribution in [1.29, 1.82) is 0 Å². The SMILES string of the molecule is O=C(NNC(=O)c1cc(-c2ccc(O)cc2)nc2ccccc12)c1ccc(F)cc1. The van der Waals surface area contributed by atoms with Crippen molar-refractivity contribution in [2.24, 2.45) is 0 Å². The lowest BCUT2D eigenvalue weighted by Crippen LogP contribution is -2.41. The first-order valence-electron chi connectivity index (χ1n) is 9.07. The first-order chi connectivity index (χ1) is 14.5. The molecule has 0 aliphatic rings. The lowest BCUT2D eigenvalue weighted by Gasteiger charge is -2.11. The van der Waals surface area contributed by atoms with E-state index in [0.29, 0.717) is 22.2 Å². The summed E-state index contributed by atoms with van der Waals surface area (Å²) in [6.07, 6.45) is 0. The van der Waals surface area contributed by atoms with Crippen LogP contribution in [0.1, 0.15) is 20.7 Å². The normalized spacial score (nSPS) is 10.6. The minimum Gasteiger partial charge on any atom is -0.508 e. The number of benzene rings is 3. The summed E-state index contributed by atoms with van der Waals surface area (Å²) < 4.78 is 13.0. The Morgan fingerprint density at radius 2 is 1.50 bits per heavy atom. The van der Waals surface area contributed by atoms with Crippen LogP contribution >= 0.6 is 0 Å². The molecule has 0 unspecified atom stereocenters. The molecule has 4 aromatic rings. The standard InChI is InChI=1S/C23H16FN3O3/c24-16-9-5-15(6-10-16)22(29)26-27-23(30)19-13-21(14-7-11-17(28)12-8-14)25-20-4-2-1-3-18(19)20/h1-13,28H,(H,26,29)(H,27,30). The maximum absolute atomic E-state index is 13.0. The number of amides is 2. The third kappa shape index (κ3) is 3.95. The summed E-state index contributed by atoms with van der Waals surface area (Å²) in [5.74, 6) is -1.42. The molecule has 148 valence electrons. The second-order valence-corrected chi connectivity index (χ2v) is 6.53. The molecule has 3 N–H and O–H groups in total. The van der Waals surface area contributed by atoms with Gasteiger partial charge in [-0.15, -0.1) is 0 Å². The molecule has 7 heteroatoms. The number of nitrogens with zero attached hydrogens (tertiary/aromatic N) is 1. The van der Waals surface area contributed by atoms with Crippen LogP contribution in [-0.4, -0.2) is 21.9 Å². The zero-order valence-electron chi connectivity index (χ0n) is 15.6. The van der Waals surface area contributed by atoms with Crippen LogP contribution in [0.3, 0.4) is 0 Å². The van der Waals surface area contributed by atoms with E-state index < -0.39 is 17.6 Å². The molecule has 0 aliphatic heterocycles. The van der Waals surface area contributed by atoms with Crippen LogP contribution in [-0.2, 0) is 0 Å². The van der Waals surface area contributed by atoms with Gasteiger partial charge in [0.1, 0.15) is 11.6 Å². The number of para-hydroxylation sites is 1. The van der Waals surface area contributed by atoms with Crippen LogP contribution in [0.5, 0.6) is 5.75 Å². The van der Waals surface area contributed by atoms with Crippen molar-refractivity contribution in [3.63, 3.8) is 0 Å². The molecule has 0 saturated heterocycles. The summed E-state index contributed by atoms with van der Waals surface area (Å²) in [5.41, 5.74) is 7.14. The fourth-order valence-corrected chi connectivity index (χ4v) is 3.00. The van der Waals surface area contributed by atoms with E-state index in [1.165, 1.54) is 24.3 Å². The maximum atomic E-state index is 13.0. The second kappa shape index (κ2) is 8.00. The van der Waals surface area contributed by atoms with Crippen molar-refractivity contribution in [3.8, 4) is 17.0 Å². The zero-order chi connectivity index (χ0) is 21.1. The van der Waals surface area contributed by atoms with Gasteiger partial charge in [0, 0.05) is 16.5 Å². The number of pyridine rings is 1. The highest BCUT2D eigenvalue weighted by atomic mass is 19.1. The molecule has 0 atom stereocenters. The number of rotatable bonds is 3. The number of hydrazine groups is 1. The first kappa shape index (κ1) is 19.1. The Kier molecular flexibility index (Phi) is 5.09. The summed E-state index contributed by atoms with van der Waals surface area (Å²) >= 11 is 0. The van der Waals surface area contributed by atoms with E-state index in [2.05, 4.69) is 15.8 Å². The van der Waals surface area contributed by atoms with Gasteiger partial charge in [0.15, 0.2) is 0 Å². The molecule has 0 radical (unpaired) electrons. The van der Waals surface area contributed by atoms with E-state index in [9.17, 15) is 19.1 Å². The highest BCUT2D eigenvalue weighted by Gasteiger charge is 2.15. The number of halogens is 1. The summed E-state index contributed by atoms with van der Waals surface area (Å²) in [4.78, 5) is 29.6. The predicted molar refractivity (Wildman–Crippen MR) is 110 cm³/mol. The van der Waals surface area contributed by atoms with E-state index in [4.69, 9.17) is 0 Å². The number of phenolic OH excluding ortho intramolecular Hbond substituents is 1. The molecule has 4 rings (SSSR count). The van der Waals surface area contributed by atoms with Crippen molar-refractivity contribution < 1.29 is 19.1 Å². The number of nitrogens with one attached hydrogen (secondary N) is 2. The van der Waals surface area contributed by atoms with Crippen LogP contribution in [0.2, 0.25) is 0 Å². The lowest BCUT2D eigenvalue weighted by molar-refractivity contribution is 0.0847. The van der Waals surface area contributed by atoms with Gasteiger partial charge in [0.25, 0.3) is 11.8 Å². The first-order valence-corrected chi connectivity index (χ1v) is 9.07. The van der Waals surface area contributed by atoms with Crippen LogP contribution in [0.4, 0.5) is 4.39 Å². The van der Waals surface area contributed by atoms with E-state index in [-0.39, 0.29) is 11.3 Å². The molecule has 1 aromatic heterocycles. The van der Waals surface area contributed by atoms with Gasteiger partial charge in [-0.2, -0.15) is 0 Å². The average molecular weight is 401 g/mol. The van der Waals surface area contributed by atoms with Crippen molar-refractivity contribution in [3.05, 3.63) is 95.8 Å². The topological polar surface area (TPSA) is 91.3 Å². The van der Waals surface area contributed by atoms with E-state index in [1.807, 2.05) is 6.07 Å². The smallest absolute Gasteiger partial charge is 0.270 e. The molecule has 0 bridgehead atoms. The fourth-order valence-electron chi connectivity index (χ4n) is 3.00. The van der Waals surface area contributed by atoms with Crippen LogP contribution in [0, 0.1) is 5.82 Å². The Balaban J connectivity index is 1.63. The Hall–Kier alpha value is -4.26. The molecule has 30 heavy (non-hydrogen) atoms. The second-order valence-electron chi connectivity index (χ2n) is 6.53. The summed E-state index contributed by atoms with van der Waals surface area (Å²) in [5, 5.41) is 10.1. The van der Waals surface area contributed by atoms with E-state index >= 15 is 0 Å². The number of hydrogen-bond acceptors (Lipinski definition) is 4. The minimum absolute atomic E-state index is 0.126. The highest BCUT2D eigenvalue weighted by molar-refractivity contribution is 6.08. The van der Waals surface area contributed by atoms with Crippen LogP contribution in [0.25, 0.3) is 22.2 Å². The number of aromatic hydroxyl groups is 1. The van der Waals surface area contributed by atoms with Crippen LogP contribution < -0.4 is 10.9 Å². The largest absolute Gasteiger partial charge is 0.508 e. The van der Waals surface area contributed by atoms with Gasteiger partial charge in [-0.05, 0) is 60.7 Å². The molecule has 3 aromatic carbocycles. The van der Waals surface area contributed by atoms with Crippen molar-refractivity contribution in [2.45, 2.75) is 0 Å². The van der Waals surface area contributed by atoms with Gasteiger partial charge in [-0.1, -0.05) is 18.2 Å². The molecule has 0 aliphatic carbocycles. The Morgan fingerprint density at radius 1 is 0.833 bits per heavy atom. The molecular formula is C23H16FN3O3. The van der Waals surface area contributed by atoms with Crippen molar-refractivity contribution in [1.82, 2.24) is 15.8 Å². The Morgan fingerprint density at radius 3 is 2.23 bits per heavy atom. The minimum atomic E-state index is -0.569. The predicted octanol–water partition coefficient (Wildman–Crippen LogP) is 3.82. The Bertz CT molecular complexity index is 1240. The fraction of sp³-hybridized carbons (Fsp3) is 0. The third-order valence-electron chi connectivity index (χ3n) is 4.52. The number of hydrogen-bond donors (Lipinski definition) is 3. The molecule has 2 amide bonds. The Labute approximate surface area is 171 Å². The van der Waals surface area contributed by atoms with Gasteiger partial charge in [-0.25, -0.2) is 9.37 Å².